The highest BCUT2D eigenvalue weighted by atomic mass is 32.2. The number of rotatable bonds is 1. The molecule has 14 heavy (non-hydrogen) atoms. The van der Waals surface area contributed by atoms with E-state index in [1.54, 1.807) is 11.9 Å². The Morgan fingerprint density at radius 3 is 1.86 bits per heavy atom. The summed E-state index contributed by atoms with van der Waals surface area (Å²) in [5, 5.41) is 0. The molecule has 0 saturated carbocycles. The molecular weight excluding hydrogens is 221 g/mol. The SMILES string of the molecule is CN1CCN(S(=O)(=O)C(F)(F)F)CC1. The van der Waals surface area contributed by atoms with Gasteiger partial charge in [0.05, 0.1) is 0 Å². The maximum atomic E-state index is 12.1. The second kappa shape index (κ2) is 3.67. The zero-order valence-corrected chi connectivity index (χ0v) is 8.40. The zero-order chi connectivity index (χ0) is 11.0. The van der Waals surface area contributed by atoms with Crippen molar-refractivity contribution in [2.24, 2.45) is 0 Å². The summed E-state index contributed by atoms with van der Waals surface area (Å²) in [4.78, 5) is 1.78. The Morgan fingerprint density at radius 1 is 1.07 bits per heavy atom. The van der Waals surface area contributed by atoms with Gasteiger partial charge in [-0.15, -0.1) is 0 Å². The van der Waals surface area contributed by atoms with E-state index in [4.69, 9.17) is 0 Å². The van der Waals surface area contributed by atoms with Crippen LogP contribution in [0.1, 0.15) is 0 Å². The maximum Gasteiger partial charge on any atom is 0.511 e. The molecule has 0 unspecified atom stereocenters. The number of nitrogens with zero attached hydrogens (tertiary/aromatic N) is 2. The van der Waals surface area contributed by atoms with E-state index in [9.17, 15) is 21.6 Å². The summed E-state index contributed by atoms with van der Waals surface area (Å²) in [7, 11) is -3.38. The molecule has 0 aromatic carbocycles. The average Bonchev–Trinajstić information content (AvgIpc) is 2.03. The first-order chi connectivity index (χ1) is 6.25. The molecular formula is C6H11F3N2O2S. The minimum Gasteiger partial charge on any atom is -0.304 e. The molecule has 0 aromatic rings. The molecule has 4 nitrogen and oxygen atoms in total. The lowest BCUT2D eigenvalue weighted by molar-refractivity contribution is -0.0498. The molecule has 0 spiro atoms. The Labute approximate surface area is 80.3 Å². The highest BCUT2D eigenvalue weighted by Crippen LogP contribution is 2.27. The predicted molar refractivity (Wildman–Crippen MR) is 44.0 cm³/mol. The lowest BCUT2D eigenvalue weighted by Gasteiger charge is -2.31. The van der Waals surface area contributed by atoms with E-state index in [2.05, 4.69) is 0 Å². The number of piperazine rings is 1. The van der Waals surface area contributed by atoms with Crippen LogP contribution < -0.4 is 0 Å². The lowest BCUT2D eigenvalue weighted by Crippen LogP contribution is -2.50. The van der Waals surface area contributed by atoms with Gasteiger partial charge in [0.1, 0.15) is 0 Å². The van der Waals surface area contributed by atoms with Gasteiger partial charge in [0.15, 0.2) is 0 Å². The number of likely N-dealkylation sites (N-methyl/N-ethyl adjacent to an activating group) is 1. The van der Waals surface area contributed by atoms with Crippen molar-refractivity contribution in [3.8, 4) is 0 Å². The van der Waals surface area contributed by atoms with Gasteiger partial charge in [-0.05, 0) is 7.05 Å². The number of halogens is 3. The molecule has 1 aliphatic rings. The lowest BCUT2D eigenvalue weighted by atomic mass is 10.4. The molecule has 1 fully saturated rings. The Hall–Kier alpha value is -0.340. The molecule has 0 radical (unpaired) electrons. The van der Waals surface area contributed by atoms with Gasteiger partial charge in [0.25, 0.3) is 0 Å². The van der Waals surface area contributed by atoms with Crippen molar-refractivity contribution in [2.45, 2.75) is 5.51 Å². The first kappa shape index (κ1) is 11.7. The van der Waals surface area contributed by atoms with Crippen molar-refractivity contribution < 1.29 is 21.6 Å². The van der Waals surface area contributed by atoms with Crippen LogP contribution in [-0.2, 0) is 10.0 Å². The van der Waals surface area contributed by atoms with Crippen LogP contribution in [0.3, 0.4) is 0 Å². The van der Waals surface area contributed by atoms with Crippen molar-refractivity contribution in [3.05, 3.63) is 0 Å². The van der Waals surface area contributed by atoms with Gasteiger partial charge in [0, 0.05) is 26.2 Å². The molecule has 0 N–H and O–H groups in total. The third-order valence-electron chi connectivity index (χ3n) is 2.09. The first-order valence-electron chi connectivity index (χ1n) is 4.00. The fraction of sp³-hybridized carbons (Fsp3) is 1.00. The third kappa shape index (κ3) is 2.18. The van der Waals surface area contributed by atoms with Gasteiger partial charge in [-0.3, -0.25) is 0 Å². The third-order valence-corrected chi connectivity index (χ3v) is 3.72. The van der Waals surface area contributed by atoms with Crippen LogP contribution in [0.25, 0.3) is 0 Å². The maximum absolute atomic E-state index is 12.1. The van der Waals surface area contributed by atoms with E-state index in [0.717, 1.165) is 0 Å². The molecule has 84 valence electrons. The monoisotopic (exact) mass is 232 g/mol. The molecule has 1 saturated heterocycles. The smallest absolute Gasteiger partial charge is 0.304 e. The first-order valence-corrected chi connectivity index (χ1v) is 5.44. The van der Waals surface area contributed by atoms with Gasteiger partial charge < -0.3 is 4.90 Å². The number of alkyl halides is 3. The van der Waals surface area contributed by atoms with Crippen LogP contribution in [-0.4, -0.2) is 56.4 Å². The minimum atomic E-state index is -5.18. The molecule has 0 aromatic heterocycles. The molecule has 1 aliphatic heterocycles. The topological polar surface area (TPSA) is 40.6 Å². The molecule has 0 atom stereocenters. The van der Waals surface area contributed by atoms with Crippen molar-refractivity contribution >= 4 is 10.0 Å². The van der Waals surface area contributed by atoms with E-state index < -0.39 is 15.5 Å². The Balaban J connectivity index is 2.76. The summed E-state index contributed by atoms with van der Waals surface area (Å²) in [5.41, 5.74) is -5.18. The summed E-state index contributed by atoms with van der Waals surface area (Å²) in [6, 6.07) is 0. The second-order valence-electron chi connectivity index (χ2n) is 3.15. The van der Waals surface area contributed by atoms with Crippen molar-refractivity contribution in [1.29, 1.82) is 0 Å². The fourth-order valence-electron chi connectivity index (χ4n) is 1.17. The number of hydrogen-bond acceptors (Lipinski definition) is 3. The molecule has 1 heterocycles. The van der Waals surface area contributed by atoms with Crippen LogP contribution in [0.2, 0.25) is 0 Å². The molecule has 1 rings (SSSR count). The minimum absolute atomic E-state index is 0.0989. The summed E-state index contributed by atoms with van der Waals surface area (Å²) in [6.45, 7) is 0.460. The van der Waals surface area contributed by atoms with Crippen molar-refractivity contribution in [3.63, 3.8) is 0 Å². The number of hydrogen-bond donors (Lipinski definition) is 0. The average molecular weight is 232 g/mol. The molecule has 8 heteroatoms. The second-order valence-corrected chi connectivity index (χ2v) is 5.08. The van der Waals surface area contributed by atoms with Crippen molar-refractivity contribution in [2.75, 3.05) is 33.2 Å². The van der Waals surface area contributed by atoms with Crippen LogP contribution in [0, 0.1) is 0 Å². The van der Waals surface area contributed by atoms with Crippen LogP contribution in [0.5, 0.6) is 0 Å². The van der Waals surface area contributed by atoms with E-state index in [1.807, 2.05) is 0 Å². The predicted octanol–water partition coefficient (Wildman–Crippen LogP) is 0.0834. The standard InChI is InChI=1S/C6H11F3N2O2S/c1-10-2-4-11(5-3-10)14(12,13)6(7,8)9/h2-5H2,1H3. The Morgan fingerprint density at radius 2 is 1.50 bits per heavy atom. The Bertz CT molecular complexity index is 293. The van der Waals surface area contributed by atoms with E-state index in [1.165, 1.54) is 0 Å². The van der Waals surface area contributed by atoms with Gasteiger partial charge in [-0.2, -0.15) is 17.5 Å². The van der Waals surface area contributed by atoms with Gasteiger partial charge in [-0.1, -0.05) is 0 Å². The van der Waals surface area contributed by atoms with Crippen LogP contribution in [0.15, 0.2) is 0 Å². The van der Waals surface area contributed by atoms with E-state index in [0.29, 0.717) is 17.4 Å². The normalized spacial score (nSPS) is 22.6. The molecule has 0 aliphatic carbocycles. The molecule has 0 amide bonds. The number of sulfonamides is 1. The van der Waals surface area contributed by atoms with Gasteiger partial charge in [0.2, 0.25) is 0 Å². The van der Waals surface area contributed by atoms with Gasteiger partial charge >= 0.3 is 15.5 Å². The highest BCUT2D eigenvalue weighted by molar-refractivity contribution is 7.90. The highest BCUT2D eigenvalue weighted by Gasteiger charge is 2.50. The van der Waals surface area contributed by atoms with Crippen LogP contribution >= 0.6 is 0 Å². The summed E-state index contributed by atoms with van der Waals surface area (Å²) < 4.78 is 58.5. The zero-order valence-electron chi connectivity index (χ0n) is 7.58. The van der Waals surface area contributed by atoms with Gasteiger partial charge in [-0.25, -0.2) is 8.42 Å². The van der Waals surface area contributed by atoms with E-state index in [-0.39, 0.29) is 13.1 Å². The Kier molecular flexibility index (Phi) is 3.07. The molecule has 0 bridgehead atoms. The summed E-state index contributed by atoms with van der Waals surface area (Å²) in [6.07, 6.45) is 0. The van der Waals surface area contributed by atoms with Crippen molar-refractivity contribution in [1.82, 2.24) is 9.21 Å². The summed E-state index contributed by atoms with van der Waals surface area (Å²) in [5.74, 6) is 0. The summed E-state index contributed by atoms with van der Waals surface area (Å²) >= 11 is 0. The van der Waals surface area contributed by atoms with Crippen LogP contribution in [0.4, 0.5) is 13.2 Å². The largest absolute Gasteiger partial charge is 0.511 e. The fourth-order valence-corrected chi connectivity index (χ4v) is 2.11. The van der Waals surface area contributed by atoms with E-state index >= 15 is 0 Å². The quantitative estimate of drug-likeness (QED) is 0.643.